The summed E-state index contributed by atoms with van der Waals surface area (Å²) in [5, 5.41) is 11.4. The third-order valence-electron chi connectivity index (χ3n) is 3.26. The Hall–Kier alpha value is -2.41. The van der Waals surface area contributed by atoms with Gasteiger partial charge in [-0.05, 0) is 48.6 Å². The van der Waals surface area contributed by atoms with Crippen molar-refractivity contribution >= 4 is 52.1 Å². The van der Waals surface area contributed by atoms with Crippen molar-refractivity contribution in [3.05, 3.63) is 78.7 Å². The van der Waals surface area contributed by atoms with E-state index in [1.165, 1.54) is 35.6 Å². The van der Waals surface area contributed by atoms with Crippen molar-refractivity contribution in [2.75, 3.05) is 0 Å². The molecular formula is C17H9Cl2NO4S. The highest BCUT2D eigenvalue weighted by atomic mass is 35.5. The predicted octanol–water partition coefficient (Wildman–Crippen LogP) is 6.12. The fraction of sp³-hybridized carbons (Fsp3) is 0. The zero-order valence-corrected chi connectivity index (χ0v) is 14.8. The molecule has 0 bridgehead atoms. The van der Waals surface area contributed by atoms with Gasteiger partial charge in [-0.1, -0.05) is 23.2 Å². The molecule has 5 nitrogen and oxygen atoms in total. The third kappa shape index (κ3) is 3.99. The number of nitrogens with zero attached hydrogens (tertiary/aromatic N) is 1. The maximum atomic E-state index is 12.0. The number of halogens is 2. The molecule has 3 rings (SSSR count). The molecule has 0 saturated heterocycles. The molecule has 0 atom stereocenters. The molecule has 8 heteroatoms. The normalized spacial score (nSPS) is 11.1. The van der Waals surface area contributed by atoms with Gasteiger partial charge in [0.05, 0.1) is 19.7 Å². The predicted molar refractivity (Wildman–Crippen MR) is 98.5 cm³/mol. The van der Waals surface area contributed by atoms with Crippen LogP contribution < -0.4 is 0 Å². The van der Waals surface area contributed by atoms with E-state index in [4.69, 9.17) is 27.6 Å². The van der Waals surface area contributed by atoms with Gasteiger partial charge in [-0.3, -0.25) is 14.9 Å². The summed E-state index contributed by atoms with van der Waals surface area (Å²) in [6, 6.07) is 10.8. The number of thiophene rings is 1. The first-order valence-electron chi connectivity index (χ1n) is 6.96. The number of ketones is 1. The molecule has 0 radical (unpaired) electrons. The molecule has 25 heavy (non-hydrogen) atoms. The number of benzene rings is 1. The van der Waals surface area contributed by atoms with Crippen LogP contribution in [0.2, 0.25) is 9.36 Å². The van der Waals surface area contributed by atoms with Crippen molar-refractivity contribution in [3.8, 4) is 11.3 Å². The van der Waals surface area contributed by atoms with Gasteiger partial charge >= 0.3 is 0 Å². The maximum absolute atomic E-state index is 12.0. The van der Waals surface area contributed by atoms with E-state index in [9.17, 15) is 14.9 Å². The molecule has 2 heterocycles. The first-order valence-corrected chi connectivity index (χ1v) is 8.53. The summed E-state index contributed by atoms with van der Waals surface area (Å²) in [5.74, 6) is 0.511. The molecule has 1 aromatic carbocycles. The first-order chi connectivity index (χ1) is 11.9. The van der Waals surface area contributed by atoms with Crippen molar-refractivity contribution in [1.29, 1.82) is 0 Å². The van der Waals surface area contributed by atoms with Crippen LogP contribution in [0.1, 0.15) is 15.4 Å². The summed E-state index contributed by atoms with van der Waals surface area (Å²) < 4.78 is 6.12. The van der Waals surface area contributed by atoms with Crippen LogP contribution in [-0.4, -0.2) is 10.7 Å². The Bertz CT molecular complexity index is 990. The van der Waals surface area contributed by atoms with Crippen molar-refractivity contribution in [3.63, 3.8) is 0 Å². The fourth-order valence-corrected chi connectivity index (χ4v) is 3.27. The van der Waals surface area contributed by atoms with Gasteiger partial charge in [-0.2, -0.15) is 0 Å². The summed E-state index contributed by atoms with van der Waals surface area (Å²) in [6.45, 7) is 0. The lowest BCUT2D eigenvalue weighted by Crippen LogP contribution is -1.91. The second-order valence-corrected chi connectivity index (χ2v) is 7.07. The smallest absolute Gasteiger partial charge is 0.281 e. The van der Waals surface area contributed by atoms with E-state index in [2.05, 4.69) is 0 Å². The molecule has 0 saturated carbocycles. The molecule has 126 valence electrons. The average molecular weight is 394 g/mol. The highest BCUT2D eigenvalue weighted by molar-refractivity contribution is 7.18. The zero-order chi connectivity index (χ0) is 18.0. The SMILES string of the molecule is O=C(/C=C/c1ccc(-c2ccc(Cl)cc2[N+](=O)[O-])o1)c1ccc(Cl)s1. The van der Waals surface area contributed by atoms with E-state index in [-0.39, 0.29) is 16.5 Å². The molecule has 0 spiro atoms. The Morgan fingerprint density at radius 3 is 2.64 bits per heavy atom. The Kier molecular flexibility index (Phi) is 5.03. The summed E-state index contributed by atoms with van der Waals surface area (Å²) in [6.07, 6.45) is 2.86. The minimum absolute atomic E-state index is 0.151. The molecule has 0 amide bonds. The van der Waals surface area contributed by atoms with Crippen molar-refractivity contribution < 1.29 is 14.1 Å². The largest absolute Gasteiger partial charge is 0.456 e. The number of allylic oxidation sites excluding steroid dienone is 1. The molecule has 0 unspecified atom stereocenters. The second kappa shape index (κ2) is 7.23. The molecule has 0 fully saturated rings. The van der Waals surface area contributed by atoms with Crippen LogP contribution in [0.25, 0.3) is 17.4 Å². The van der Waals surface area contributed by atoms with Crippen LogP contribution >= 0.6 is 34.5 Å². The number of hydrogen-bond acceptors (Lipinski definition) is 5. The van der Waals surface area contributed by atoms with Gasteiger partial charge in [-0.15, -0.1) is 11.3 Å². The number of rotatable bonds is 5. The van der Waals surface area contributed by atoms with Gasteiger partial charge in [-0.25, -0.2) is 0 Å². The van der Waals surface area contributed by atoms with Crippen LogP contribution in [-0.2, 0) is 0 Å². The van der Waals surface area contributed by atoms with Gasteiger partial charge in [0, 0.05) is 11.1 Å². The van der Waals surface area contributed by atoms with E-state index >= 15 is 0 Å². The number of carbonyl (C=O) groups is 1. The fourth-order valence-electron chi connectivity index (χ4n) is 2.14. The molecule has 0 aliphatic carbocycles. The Labute approximate surface area is 156 Å². The van der Waals surface area contributed by atoms with Gasteiger partial charge in [0.1, 0.15) is 11.5 Å². The van der Waals surface area contributed by atoms with E-state index in [0.29, 0.717) is 26.3 Å². The highest BCUT2D eigenvalue weighted by Gasteiger charge is 2.18. The standard InChI is InChI=1S/C17H9Cl2NO4S/c18-10-1-4-12(13(9-10)20(22)23)15-6-3-11(24-15)2-5-14(21)16-7-8-17(19)25-16/h1-9H/b5-2+. The zero-order valence-electron chi connectivity index (χ0n) is 12.4. The minimum atomic E-state index is -0.524. The van der Waals surface area contributed by atoms with Crippen LogP contribution in [0, 0.1) is 10.1 Å². The molecule has 3 aromatic rings. The maximum Gasteiger partial charge on any atom is 0.281 e. The minimum Gasteiger partial charge on any atom is -0.456 e. The number of carbonyl (C=O) groups excluding carboxylic acids is 1. The van der Waals surface area contributed by atoms with E-state index in [1.54, 1.807) is 30.3 Å². The number of hydrogen-bond donors (Lipinski definition) is 0. The Morgan fingerprint density at radius 2 is 1.96 bits per heavy atom. The molecule has 0 aliphatic rings. The monoisotopic (exact) mass is 393 g/mol. The Morgan fingerprint density at radius 1 is 1.16 bits per heavy atom. The molecular weight excluding hydrogens is 385 g/mol. The van der Waals surface area contributed by atoms with Crippen molar-refractivity contribution in [1.82, 2.24) is 0 Å². The van der Waals surface area contributed by atoms with Crippen LogP contribution in [0.3, 0.4) is 0 Å². The average Bonchev–Trinajstić information content (AvgIpc) is 3.21. The van der Waals surface area contributed by atoms with Gasteiger partial charge < -0.3 is 4.42 Å². The van der Waals surface area contributed by atoms with E-state index in [1.807, 2.05) is 0 Å². The lowest BCUT2D eigenvalue weighted by Gasteiger charge is -2.00. The molecule has 0 N–H and O–H groups in total. The van der Waals surface area contributed by atoms with Crippen molar-refractivity contribution in [2.45, 2.75) is 0 Å². The topological polar surface area (TPSA) is 73.3 Å². The number of furan rings is 1. The number of nitro groups is 1. The number of nitro benzene ring substituents is 1. The summed E-state index contributed by atoms with van der Waals surface area (Å²) in [5.41, 5.74) is 0.159. The van der Waals surface area contributed by atoms with Crippen LogP contribution in [0.4, 0.5) is 5.69 Å². The summed E-state index contributed by atoms with van der Waals surface area (Å²) in [4.78, 5) is 23.2. The molecule has 2 aromatic heterocycles. The summed E-state index contributed by atoms with van der Waals surface area (Å²) in [7, 11) is 0. The van der Waals surface area contributed by atoms with E-state index in [0.717, 1.165) is 0 Å². The second-order valence-electron chi connectivity index (χ2n) is 4.92. The van der Waals surface area contributed by atoms with Gasteiger partial charge in [0.15, 0.2) is 5.78 Å². The highest BCUT2D eigenvalue weighted by Crippen LogP contribution is 2.33. The van der Waals surface area contributed by atoms with Crippen LogP contribution in [0.15, 0.2) is 53.0 Å². The summed E-state index contributed by atoms with van der Waals surface area (Å²) >= 11 is 12.8. The third-order valence-corrected chi connectivity index (χ3v) is 4.74. The lowest BCUT2D eigenvalue weighted by molar-refractivity contribution is -0.384. The Balaban J connectivity index is 1.85. The van der Waals surface area contributed by atoms with Gasteiger partial charge in [0.2, 0.25) is 0 Å². The lowest BCUT2D eigenvalue weighted by atomic mass is 10.1. The van der Waals surface area contributed by atoms with Crippen molar-refractivity contribution in [2.24, 2.45) is 0 Å². The molecule has 0 aliphatic heterocycles. The first kappa shape index (κ1) is 17.4. The quantitative estimate of drug-likeness (QED) is 0.226. The van der Waals surface area contributed by atoms with Crippen LogP contribution in [0.5, 0.6) is 0 Å². The van der Waals surface area contributed by atoms with E-state index < -0.39 is 4.92 Å². The van der Waals surface area contributed by atoms with Gasteiger partial charge in [0.25, 0.3) is 5.69 Å².